The Balaban J connectivity index is 2.12. The molecule has 2 rings (SSSR count). The van der Waals surface area contributed by atoms with Crippen molar-refractivity contribution in [3.8, 4) is 0 Å². The first-order valence-electron chi connectivity index (χ1n) is 6.35. The maximum absolute atomic E-state index is 13.6. The van der Waals surface area contributed by atoms with Crippen LogP contribution in [0, 0.1) is 11.2 Å². The molecule has 0 amide bonds. The monoisotopic (exact) mass is 236 g/mol. The zero-order valence-electron chi connectivity index (χ0n) is 10.4. The summed E-state index contributed by atoms with van der Waals surface area (Å²) in [6, 6.07) is 7.11. The highest BCUT2D eigenvalue weighted by Gasteiger charge is 2.36. The van der Waals surface area contributed by atoms with E-state index in [4.69, 9.17) is 5.84 Å². The molecule has 3 N–H and O–H groups in total. The van der Waals surface area contributed by atoms with Gasteiger partial charge >= 0.3 is 0 Å². The summed E-state index contributed by atoms with van der Waals surface area (Å²) in [5, 5.41) is 0. The molecule has 17 heavy (non-hydrogen) atoms. The molecular formula is C14H21FN2. The van der Waals surface area contributed by atoms with Gasteiger partial charge in [0, 0.05) is 6.04 Å². The van der Waals surface area contributed by atoms with Crippen molar-refractivity contribution in [3.05, 3.63) is 35.6 Å². The Morgan fingerprint density at radius 1 is 1.35 bits per heavy atom. The third-order valence-corrected chi connectivity index (χ3v) is 4.17. The molecule has 1 fully saturated rings. The van der Waals surface area contributed by atoms with Crippen LogP contribution in [0.2, 0.25) is 0 Å². The normalized spacial score (nSPS) is 20.4. The first-order valence-corrected chi connectivity index (χ1v) is 6.35. The van der Waals surface area contributed by atoms with Crippen molar-refractivity contribution >= 4 is 0 Å². The molecule has 2 nitrogen and oxygen atoms in total. The fraction of sp³-hybridized carbons (Fsp3) is 0.571. The maximum atomic E-state index is 13.6. The summed E-state index contributed by atoms with van der Waals surface area (Å²) in [6.45, 7) is 2.26. The fourth-order valence-corrected chi connectivity index (χ4v) is 2.92. The molecular weight excluding hydrogens is 215 g/mol. The molecule has 3 heteroatoms. The molecule has 0 aromatic heterocycles. The zero-order chi connectivity index (χ0) is 12.3. The van der Waals surface area contributed by atoms with Gasteiger partial charge in [0.1, 0.15) is 5.82 Å². The van der Waals surface area contributed by atoms with Gasteiger partial charge in [0.25, 0.3) is 0 Å². The van der Waals surface area contributed by atoms with Crippen LogP contribution < -0.4 is 11.3 Å². The highest BCUT2D eigenvalue weighted by Crippen LogP contribution is 2.41. The second-order valence-electron chi connectivity index (χ2n) is 5.38. The first-order chi connectivity index (χ1) is 8.15. The summed E-state index contributed by atoms with van der Waals surface area (Å²) >= 11 is 0. The predicted octanol–water partition coefficient (Wildman–Crippen LogP) is 2.78. The Kier molecular flexibility index (Phi) is 3.79. The minimum Gasteiger partial charge on any atom is -0.271 e. The van der Waals surface area contributed by atoms with Crippen LogP contribution >= 0.6 is 0 Å². The molecule has 1 aromatic rings. The Bertz CT molecular complexity index is 372. The molecule has 0 bridgehead atoms. The Morgan fingerprint density at radius 2 is 2.00 bits per heavy atom. The number of nitrogens with one attached hydrogen (secondary N) is 1. The number of hydrogen-bond acceptors (Lipinski definition) is 2. The van der Waals surface area contributed by atoms with E-state index in [9.17, 15) is 4.39 Å². The molecule has 94 valence electrons. The average Bonchev–Trinajstić information content (AvgIpc) is 2.76. The van der Waals surface area contributed by atoms with Gasteiger partial charge in [-0.25, -0.2) is 4.39 Å². The lowest BCUT2D eigenvalue weighted by Gasteiger charge is -2.33. The van der Waals surface area contributed by atoms with Crippen LogP contribution in [0.1, 0.15) is 38.2 Å². The Hall–Kier alpha value is -0.930. The van der Waals surface area contributed by atoms with Crippen molar-refractivity contribution in [3.63, 3.8) is 0 Å². The van der Waals surface area contributed by atoms with E-state index in [1.165, 1.54) is 31.7 Å². The van der Waals surface area contributed by atoms with Crippen molar-refractivity contribution in [2.75, 3.05) is 0 Å². The highest BCUT2D eigenvalue weighted by atomic mass is 19.1. The Labute approximate surface area is 102 Å². The van der Waals surface area contributed by atoms with Crippen LogP contribution in [0.3, 0.4) is 0 Å². The topological polar surface area (TPSA) is 38.0 Å². The number of rotatable bonds is 4. The third kappa shape index (κ3) is 2.67. The van der Waals surface area contributed by atoms with Gasteiger partial charge in [0.2, 0.25) is 0 Å². The van der Waals surface area contributed by atoms with Crippen molar-refractivity contribution in [2.24, 2.45) is 11.3 Å². The largest absolute Gasteiger partial charge is 0.271 e. The van der Waals surface area contributed by atoms with Gasteiger partial charge in [-0.15, -0.1) is 0 Å². The maximum Gasteiger partial charge on any atom is 0.126 e. The van der Waals surface area contributed by atoms with Gasteiger partial charge in [0.15, 0.2) is 0 Å². The quantitative estimate of drug-likeness (QED) is 0.623. The van der Waals surface area contributed by atoms with Crippen LogP contribution in [0.15, 0.2) is 24.3 Å². The van der Waals surface area contributed by atoms with Gasteiger partial charge in [-0.1, -0.05) is 38.0 Å². The predicted molar refractivity (Wildman–Crippen MR) is 67.8 cm³/mol. The minimum absolute atomic E-state index is 0.130. The molecule has 0 radical (unpaired) electrons. The average molecular weight is 236 g/mol. The van der Waals surface area contributed by atoms with Gasteiger partial charge in [-0.3, -0.25) is 11.3 Å². The van der Waals surface area contributed by atoms with E-state index < -0.39 is 0 Å². The number of benzene rings is 1. The van der Waals surface area contributed by atoms with Crippen molar-refractivity contribution < 1.29 is 4.39 Å². The van der Waals surface area contributed by atoms with Crippen LogP contribution in [0.5, 0.6) is 0 Å². The third-order valence-electron chi connectivity index (χ3n) is 4.17. The lowest BCUT2D eigenvalue weighted by Crippen LogP contribution is -2.47. The molecule has 1 aromatic carbocycles. The van der Waals surface area contributed by atoms with E-state index in [1.807, 2.05) is 12.1 Å². The Morgan fingerprint density at radius 3 is 2.59 bits per heavy atom. The van der Waals surface area contributed by atoms with E-state index >= 15 is 0 Å². The number of nitrogens with two attached hydrogens (primary N) is 1. The summed E-state index contributed by atoms with van der Waals surface area (Å²) in [5.74, 6) is 5.53. The van der Waals surface area contributed by atoms with Gasteiger partial charge < -0.3 is 0 Å². The summed E-state index contributed by atoms with van der Waals surface area (Å²) in [6.07, 6.45) is 5.53. The lowest BCUT2D eigenvalue weighted by atomic mass is 9.78. The second-order valence-corrected chi connectivity index (χ2v) is 5.38. The van der Waals surface area contributed by atoms with E-state index in [-0.39, 0.29) is 17.3 Å². The molecule has 0 spiro atoms. The summed E-state index contributed by atoms with van der Waals surface area (Å²) < 4.78 is 13.6. The molecule has 0 aliphatic heterocycles. The molecule has 1 aliphatic carbocycles. The van der Waals surface area contributed by atoms with E-state index in [1.54, 1.807) is 6.07 Å². The van der Waals surface area contributed by atoms with Gasteiger partial charge in [0.05, 0.1) is 0 Å². The molecule has 1 unspecified atom stereocenters. The first kappa shape index (κ1) is 12.5. The van der Waals surface area contributed by atoms with Crippen LogP contribution in [-0.2, 0) is 6.42 Å². The molecule has 1 aliphatic rings. The SMILES string of the molecule is CC1(C(Cc2ccccc2F)NN)CCCC1. The molecule has 1 atom stereocenters. The smallest absolute Gasteiger partial charge is 0.126 e. The van der Waals surface area contributed by atoms with Crippen LogP contribution in [-0.4, -0.2) is 6.04 Å². The second kappa shape index (κ2) is 5.15. The number of hydrogen-bond donors (Lipinski definition) is 2. The zero-order valence-corrected chi connectivity index (χ0v) is 10.4. The fourth-order valence-electron chi connectivity index (χ4n) is 2.92. The molecule has 1 saturated carbocycles. The lowest BCUT2D eigenvalue weighted by molar-refractivity contribution is 0.219. The van der Waals surface area contributed by atoms with Crippen molar-refractivity contribution in [1.29, 1.82) is 0 Å². The number of halogens is 1. The van der Waals surface area contributed by atoms with E-state index in [0.717, 1.165) is 5.56 Å². The van der Waals surface area contributed by atoms with Crippen LogP contribution in [0.4, 0.5) is 4.39 Å². The van der Waals surface area contributed by atoms with Crippen molar-refractivity contribution in [1.82, 2.24) is 5.43 Å². The van der Waals surface area contributed by atoms with Gasteiger partial charge in [-0.2, -0.15) is 0 Å². The van der Waals surface area contributed by atoms with Crippen LogP contribution in [0.25, 0.3) is 0 Å². The van der Waals surface area contributed by atoms with E-state index in [0.29, 0.717) is 6.42 Å². The summed E-state index contributed by atoms with van der Waals surface area (Å²) in [7, 11) is 0. The van der Waals surface area contributed by atoms with Gasteiger partial charge in [-0.05, 0) is 36.3 Å². The van der Waals surface area contributed by atoms with Crippen molar-refractivity contribution in [2.45, 2.75) is 45.1 Å². The summed E-state index contributed by atoms with van der Waals surface area (Å²) in [4.78, 5) is 0. The minimum atomic E-state index is -0.130. The summed E-state index contributed by atoms with van der Waals surface area (Å²) in [5.41, 5.74) is 3.85. The molecule has 0 saturated heterocycles. The highest BCUT2D eigenvalue weighted by molar-refractivity contribution is 5.19. The standard InChI is InChI=1S/C14H21FN2/c1-14(8-4-5-9-14)13(17-16)10-11-6-2-3-7-12(11)15/h2-3,6-7,13,17H,4-5,8-10,16H2,1H3. The van der Waals surface area contributed by atoms with E-state index in [2.05, 4.69) is 12.3 Å². The molecule has 0 heterocycles. The number of hydrazine groups is 1.